The van der Waals surface area contributed by atoms with Gasteiger partial charge in [0.1, 0.15) is 5.78 Å². The van der Waals surface area contributed by atoms with Crippen molar-refractivity contribution >= 4 is 5.78 Å². The van der Waals surface area contributed by atoms with Crippen LogP contribution in [0.4, 0.5) is 0 Å². The number of hydrogen-bond donors (Lipinski definition) is 0. The van der Waals surface area contributed by atoms with Crippen LogP contribution in [0.25, 0.3) is 0 Å². The summed E-state index contributed by atoms with van der Waals surface area (Å²) in [6, 6.07) is 0. The number of Topliss-reactive ketones (excluding diaryl/α,β-unsaturated/α-hetero) is 1. The van der Waals surface area contributed by atoms with Crippen LogP contribution in [0.15, 0.2) is 12.7 Å². The van der Waals surface area contributed by atoms with Gasteiger partial charge in [-0.3, -0.25) is 4.79 Å². The molecule has 0 aromatic carbocycles. The topological polar surface area (TPSA) is 35.5 Å². The second-order valence-electron chi connectivity index (χ2n) is 4.02. The summed E-state index contributed by atoms with van der Waals surface area (Å²) in [6.07, 6.45) is 3.45. The smallest absolute Gasteiger partial charge is 0.163 e. The highest BCUT2D eigenvalue weighted by atomic mass is 16.7. The van der Waals surface area contributed by atoms with Gasteiger partial charge in [0.2, 0.25) is 0 Å². The molecule has 0 amide bonds. The Balaban J connectivity index is 2.25. The molecule has 0 unspecified atom stereocenters. The van der Waals surface area contributed by atoms with Crippen molar-refractivity contribution in [2.75, 3.05) is 6.61 Å². The SMILES string of the molecule is C=CCCC(=O)C[C@H]1COC(C)(C)O1. The summed E-state index contributed by atoms with van der Waals surface area (Å²) in [7, 11) is 0. The third-order valence-corrected chi connectivity index (χ3v) is 2.15. The summed E-state index contributed by atoms with van der Waals surface area (Å²) in [6.45, 7) is 7.82. The van der Waals surface area contributed by atoms with Gasteiger partial charge < -0.3 is 9.47 Å². The van der Waals surface area contributed by atoms with Crippen LogP contribution in [0.3, 0.4) is 0 Å². The van der Waals surface area contributed by atoms with E-state index < -0.39 is 5.79 Å². The third-order valence-electron chi connectivity index (χ3n) is 2.15. The first-order chi connectivity index (χ1) is 6.53. The van der Waals surface area contributed by atoms with Gasteiger partial charge in [0, 0.05) is 12.8 Å². The normalized spacial score (nSPS) is 24.9. The predicted molar refractivity (Wildman–Crippen MR) is 54.0 cm³/mol. The van der Waals surface area contributed by atoms with E-state index in [0.29, 0.717) is 19.4 Å². The Labute approximate surface area is 85.1 Å². The maximum absolute atomic E-state index is 11.4. The lowest BCUT2D eigenvalue weighted by Crippen LogP contribution is -2.22. The molecule has 0 radical (unpaired) electrons. The van der Waals surface area contributed by atoms with Crippen LogP contribution in [0, 0.1) is 0 Å². The van der Waals surface area contributed by atoms with Crippen molar-refractivity contribution in [2.24, 2.45) is 0 Å². The first kappa shape index (κ1) is 11.4. The van der Waals surface area contributed by atoms with Crippen LogP contribution in [0.1, 0.15) is 33.1 Å². The van der Waals surface area contributed by atoms with E-state index in [1.54, 1.807) is 6.08 Å². The van der Waals surface area contributed by atoms with Crippen LogP contribution in [0.5, 0.6) is 0 Å². The average molecular weight is 198 g/mol. The monoisotopic (exact) mass is 198 g/mol. The van der Waals surface area contributed by atoms with Crippen LogP contribution in [-0.2, 0) is 14.3 Å². The molecule has 1 saturated heterocycles. The molecule has 0 saturated carbocycles. The molecule has 1 rings (SSSR count). The summed E-state index contributed by atoms with van der Waals surface area (Å²) in [5, 5.41) is 0. The molecule has 1 fully saturated rings. The summed E-state index contributed by atoms with van der Waals surface area (Å²) < 4.78 is 10.9. The molecular weight excluding hydrogens is 180 g/mol. The zero-order valence-corrected chi connectivity index (χ0v) is 8.91. The number of ether oxygens (including phenoxy) is 2. The fraction of sp³-hybridized carbons (Fsp3) is 0.727. The van der Waals surface area contributed by atoms with Crippen molar-refractivity contribution in [3.8, 4) is 0 Å². The van der Waals surface area contributed by atoms with Gasteiger partial charge >= 0.3 is 0 Å². The lowest BCUT2D eigenvalue weighted by atomic mass is 10.1. The molecule has 0 aromatic rings. The molecule has 80 valence electrons. The van der Waals surface area contributed by atoms with Crippen LogP contribution in [-0.4, -0.2) is 24.3 Å². The highest BCUT2D eigenvalue weighted by Crippen LogP contribution is 2.24. The Hall–Kier alpha value is -0.670. The number of carbonyl (C=O) groups is 1. The van der Waals surface area contributed by atoms with Crippen molar-refractivity contribution in [2.45, 2.75) is 45.0 Å². The second-order valence-corrected chi connectivity index (χ2v) is 4.02. The van der Waals surface area contributed by atoms with E-state index in [0.717, 1.165) is 6.42 Å². The minimum Gasteiger partial charge on any atom is -0.348 e. The number of hydrogen-bond acceptors (Lipinski definition) is 3. The summed E-state index contributed by atoms with van der Waals surface area (Å²) in [5.74, 6) is -0.306. The van der Waals surface area contributed by atoms with Crippen LogP contribution >= 0.6 is 0 Å². The van der Waals surface area contributed by atoms with E-state index in [9.17, 15) is 4.79 Å². The zero-order valence-electron chi connectivity index (χ0n) is 8.91. The number of allylic oxidation sites excluding steroid dienone is 1. The summed E-state index contributed by atoms with van der Waals surface area (Å²) >= 11 is 0. The lowest BCUT2D eigenvalue weighted by molar-refractivity contribution is -0.142. The standard InChI is InChI=1S/C11H18O3/c1-4-5-6-9(12)7-10-8-13-11(2,3)14-10/h4,10H,1,5-8H2,2-3H3/t10-/m0/s1. The van der Waals surface area contributed by atoms with E-state index >= 15 is 0 Å². The number of carbonyl (C=O) groups excluding carboxylic acids is 1. The van der Waals surface area contributed by atoms with Gasteiger partial charge in [0.15, 0.2) is 5.79 Å². The third kappa shape index (κ3) is 3.60. The Kier molecular flexibility index (Phi) is 3.84. The van der Waals surface area contributed by atoms with E-state index in [1.807, 2.05) is 13.8 Å². The molecule has 0 aromatic heterocycles. The van der Waals surface area contributed by atoms with E-state index in [4.69, 9.17) is 9.47 Å². The Morgan fingerprint density at radius 1 is 1.64 bits per heavy atom. The van der Waals surface area contributed by atoms with Crippen LogP contribution in [0.2, 0.25) is 0 Å². The molecule has 0 aliphatic carbocycles. The van der Waals surface area contributed by atoms with Crippen molar-refractivity contribution in [1.82, 2.24) is 0 Å². The van der Waals surface area contributed by atoms with E-state index in [-0.39, 0.29) is 11.9 Å². The van der Waals surface area contributed by atoms with Gasteiger partial charge in [-0.15, -0.1) is 6.58 Å². The van der Waals surface area contributed by atoms with Crippen molar-refractivity contribution < 1.29 is 14.3 Å². The minimum absolute atomic E-state index is 0.0673. The number of ketones is 1. The molecular formula is C11H18O3. The first-order valence-electron chi connectivity index (χ1n) is 4.98. The average Bonchev–Trinajstić information content (AvgIpc) is 2.42. The van der Waals surface area contributed by atoms with Crippen molar-refractivity contribution in [1.29, 1.82) is 0 Å². The summed E-state index contributed by atoms with van der Waals surface area (Å²) in [5.41, 5.74) is 0. The van der Waals surface area contributed by atoms with Crippen molar-refractivity contribution in [3.05, 3.63) is 12.7 Å². The molecule has 3 nitrogen and oxygen atoms in total. The molecule has 0 spiro atoms. The second kappa shape index (κ2) is 4.71. The zero-order chi connectivity index (χ0) is 10.6. The predicted octanol–water partition coefficient (Wildman–Crippen LogP) is 2.06. The molecule has 3 heteroatoms. The van der Waals surface area contributed by atoms with E-state index in [1.165, 1.54) is 0 Å². The van der Waals surface area contributed by atoms with Gasteiger partial charge in [-0.2, -0.15) is 0 Å². The largest absolute Gasteiger partial charge is 0.348 e. The van der Waals surface area contributed by atoms with Crippen molar-refractivity contribution in [3.63, 3.8) is 0 Å². The quantitative estimate of drug-likeness (QED) is 0.634. The fourth-order valence-electron chi connectivity index (χ4n) is 1.48. The maximum atomic E-state index is 11.4. The molecule has 1 aliphatic rings. The van der Waals surface area contributed by atoms with Gasteiger partial charge in [-0.25, -0.2) is 0 Å². The van der Waals surface area contributed by atoms with Gasteiger partial charge in [0.25, 0.3) is 0 Å². The highest BCUT2D eigenvalue weighted by molar-refractivity contribution is 5.79. The molecule has 1 heterocycles. The lowest BCUT2D eigenvalue weighted by Gasteiger charge is -2.16. The molecule has 14 heavy (non-hydrogen) atoms. The minimum atomic E-state index is -0.524. The molecule has 0 N–H and O–H groups in total. The fourth-order valence-corrected chi connectivity index (χ4v) is 1.48. The Morgan fingerprint density at radius 3 is 2.86 bits per heavy atom. The van der Waals surface area contributed by atoms with Gasteiger partial charge in [-0.05, 0) is 20.3 Å². The Bertz CT molecular complexity index is 221. The Morgan fingerprint density at radius 2 is 2.36 bits per heavy atom. The highest BCUT2D eigenvalue weighted by Gasteiger charge is 2.33. The van der Waals surface area contributed by atoms with E-state index in [2.05, 4.69) is 6.58 Å². The van der Waals surface area contributed by atoms with Gasteiger partial charge in [0.05, 0.1) is 12.7 Å². The summed E-state index contributed by atoms with van der Waals surface area (Å²) in [4.78, 5) is 11.4. The van der Waals surface area contributed by atoms with Crippen LogP contribution < -0.4 is 0 Å². The molecule has 1 aliphatic heterocycles. The number of rotatable bonds is 5. The first-order valence-corrected chi connectivity index (χ1v) is 4.98. The molecule has 0 bridgehead atoms. The van der Waals surface area contributed by atoms with Gasteiger partial charge in [-0.1, -0.05) is 6.08 Å². The maximum Gasteiger partial charge on any atom is 0.163 e. The molecule has 1 atom stereocenters.